The Bertz CT molecular complexity index is 425. The first-order valence-corrected chi connectivity index (χ1v) is 4.57. The van der Waals surface area contributed by atoms with Gasteiger partial charge in [0.25, 0.3) is 0 Å². The molecule has 0 saturated carbocycles. The Morgan fingerprint density at radius 3 is 2.31 bits per heavy atom. The molecule has 3 rings (SSSR count). The van der Waals surface area contributed by atoms with Crippen LogP contribution in [0.2, 0.25) is 0 Å². The molecule has 0 radical (unpaired) electrons. The molecule has 62 valence electrons. The maximum atomic E-state index is 2.26. The predicted octanol–water partition coefficient (Wildman–Crippen LogP) is 3.09. The molecule has 0 amide bonds. The van der Waals surface area contributed by atoms with Gasteiger partial charge in [0.1, 0.15) is 0 Å². The average Bonchev–Trinajstić information content (AvgIpc) is 2.58. The molecule has 0 aromatic carbocycles. The molecule has 0 heteroatoms. The minimum atomic E-state index is 0.0729. The van der Waals surface area contributed by atoms with E-state index in [2.05, 4.69) is 60.8 Å². The van der Waals surface area contributed by atoms with Crippen LogP contribution in [0.5, 0.6) is 0 Å². The molecule has 0 aliphatic heterocycles. The van der Waals surface area contributed by atoms with Gasteiger partial charge >= 0.3 is 0 Å². The number of hydrogen-bond acceptors (Lipinski definition) is 0. The van der Waals surface area contributed by atoms with Crippen LogP contribution in [0.15, 0.2) is 71.9 Å². The summed E-state index contributed by atoms with van der Waals surface area (Å²) in [5, 5.41) is 0. The molecule has 0 nitrogen and oxygen atoms in total. The van der Waals surface area contributed by atoms with Gasteiger partial charge in [0.05, 0.1) is 5.41 Å². The molecule has 0 fully saturated rings. The van der Waals surface area contributed by atoms with Crippen molar-refractivity contribution in [3.05, 3.63) is 71.9 Å². The lowest BCUT2D eigenvalue weighted by Crippen LogP contribution is -2.20. The minimum Gasteiger partial charge on any atom is -0.0658 e. The van der Waals surface area contributed by atoms with E-state index >= 15 is 0 Å². The van der Waals surface area contributed by atoms with Crippen LogP contribution in [0.4, 0.5) is 0 Å². The van der Waals surface area contributed by atoms with Gasteiger partial charge in [-0.1, -0.05) is 60.8 Å². The first kappa shape index (κ1) is 6.90. The van der Waals surface area contributed by atoms with Crippen LogP contribution in [-0.2, 0) is 0 Å². The monoisotopic (exact) mass is 166 g/mol. The predicted molar refractivity (Wildman–Crippen MR) is 55.2 cm³/mol. The molecular weight excluding hydrogens is 156 g/mol. The molecule has 0 aromatic heterocycles. The molecule has 0 N–H and O–H groups in total. The Balaban J connectivity index is 2.28. The molecule has 13 heavy (non-hydrogen) atoms. The maximum Gasteiger partial charge on any atom is 0.0568 e. The van der Waals surface area contributed by atoms with Crippen molar-refractivity contribution in [1.82, 2.24) is 0 Å². The molecule has 3 aliphatic rings. The summed E-state index contributed by atoms with van der Waals surface area (Å²) >= 11 is 0. The van der Waals surface area contributed by atoms with Crippen molar-refractivity contribution < 1.29 is 0 Å². The molecule has 0 bridgehead atoms. The van der Waals surface area contributed by atoms with Crippen molar-refractivity contribution in [3.8, 4) is 0 Å². The third-order valence-corrected chi connectivity index (χ3v) is 2.89. The SMILES string of the molecule is C1=CC2=CC=CC3=CC=CC23C=C1. The van der Waals surface area contributed by atoms with Crippen LogP contribution in [0.1, 0.15) is 0 Å². The molecule has 1 spiro atoms. The van der Waals surface area contributed by atoms with E-state index in [0.29, 0.717) is 0 Å². The summed E-state index contributed by atoms with van der Waals surface area (Å²) in [4.78, 5) is 0. The largest absolute Gasteiger partial charge is 0.0658 e. The van der Waals surface area contributed by atoms with Crippen molar-refractivity contribution in [1.29, 1.82) is 0 Å². The zero-order valence-corrected chi connectivity index (χ0v) is 7.27. The first-order chi connectivity index (χ1) is 6.42. The fraction of sp³-hybridized carbons (Fsp3) is 0.0769. The summed E-state index contributed by atoms with van der Waals surface area (Å²) in [7, 11) is 0. The number of allylic oxidation sites excluding steroid dienone is 12. The van der Waals surface area contributed by atoms with E-state index in [1.54, 1.807) is 0 Å². The van der Waals surface area contributed by atoms with E-state index in [0.717, 1.165) is 0 Å². The van der Waals surface area contributed by atoms with Crippen molar-refractivity contribution >= 4 is 0 Å². The number of hydrogen-bond donors (Lipinski definition) is 0. The molecular formula is C13H10. The topological polar surface area (TPSA) is 0 Å². The third kappa shape index (κ3) is 0.752. The van der Waals surface area contributed by atoms with E-state index in [1.807, 2.05) is 0 Å². The van der Waals surface area contributed by atoms with E-state index in [1.165, 1.54) is 11.1 Å². The highest BCUT2D eigenvalue weighted by atomic mass is 14.4. The van der Waals surface area contributed by atoms with Crippen molar-refractivity contribution in [2.24, 2.45) is 5.41 Å². The van der Waals surface area contributed by atoms with Gasteiger partial charge in [0.15, 0.2) is 0 Å². The molecule has 3 aliphatic carbocycles. The van der Waals surface area contributed by atoms with Gasteiger partial charge in [-0.3, -0.25) is 0 Å². The van der Waals surface area contributed by atoms with Gasteiger partial charge in [-0.2, -0.15) is 0 Å². The lowest BCUT2D eigenvalue weighted by atomic mass is 9.71. The van der Waals surface area contributed by atoms with Crippen LogP contribution in [0, 0.1) is 5.41 Å². The van der Waals surface area contributed by atoms with Crippen LogP contribution in [0.25, 0.3) is 0 Å². The Morgan fingerprint density at radius 2 is 1.38 bits per heavy atom. The Kier molecular flexibility index (Phi) is 1.18. The molecule has 0 saturated heterocycles. The van der Waals surface area contributed by atoms with Crippen molar-refractivity contribution in [2.75, 3.05) is 0 Å². The zero-order chi connectivity index (χ0) is 8.73. The maximum absolute atomic E-state index is 2.26. The number of rotatable bonds is 0. The summed E-state index contributed by atoms with van der Waals surface area (Å²) in [5.41, 5.74) is 2.83. The van der Waals surface area contributed by atoms with Crippen molar-refractivity contribution in [3.63, 3.8) is 0 Å². The van der Waals surface area contributed by atoms with Crippen molar-refractivity contribution in [2.45, 2.75) is 0 Å². The molecule has 0 aromatic rings. The summed E-state index contributed by atoms with van der Waals surface area (Å²) in [5.74, 6) is 0. The normalized spacial score (nSPS) is 32.6. The first-order valence-electron chi connectivity index (χ1n) is 4.57. The van der Waals surface area contributed by atoms with Crippen LogP contribution < -0.4 is 0 Å². The van der Waals surface area contributed by atoms with Gasteiger partial charge in [0, 0.05) is 0 Å². The van der Waals surface area contributed by atoms with Gasteiger partial charge in [0.2, 0.25) is 0 Å². The Hall–Kier alpha value is -1.56. The van der Waals surface area contributed by atoms with E-state index in [4.69, 9.17) is 0 Å². The van der Waals surface area contributed by atoms with Crippen LogP contribution in [-0.4, -0.2) is 0 Å². The Morgan fingerprint density at radius 1 is 0.692 bits per heavy atom. The minimum absolute atomic E-state index is 0.0729. The highest BCUT2D eigenvalue weighted by Gasteiger charge is 2.34. The quantitative estimate of drug-likeness (QED) is 0.518. The van der Waals surface area contributed by atoms with Gasteiger partial charge in [-0.25, -0.2) is 0 Å². The Labute approximate surface area is 78.0 Å². The van der Waals surface area contributed by atoms with Crippen LogP contribution >= 0.6 is 0 Å². The zero-order valence-electron chi connectivity index (χ0n) is 7.27. The van der Waals surface area contributed by atoms with E-state index < -0.39 is 0 Å². The summed E-state index contributed by atoms with van der Waals surface area (Å²) in [6.45, 7) is 0. The lowest BCUT2D eigenvalue weighted by molar-refractivity contribution is 0.740. The lowest BCUT2D eigenvalue weighted by Gasteiger charge is -2.31. The summed E-state index contributed by atoms with van der Waals surface area (Å²) in [6, 6.07) is 0. The molecule has 1 unspecified atom stereocenters. The smallest absolute Gasteiger partial charge is 0.0568 e. The molecule has 0 heterocycles. The molecule has 1 atom stereocenters. The fourth-order valence-electron chi connectivity index (χ4n) is 2.20. The standard InChI is InChI=1S/C13H10/c1-2-9-13-10-4-8-12(13)7-3-6-11(13)5-1/h1-10H. The van der Waals surface area contributed by atoms with Gasteiger partial charge in [-0.05, 0) is 11.1 Å². The summed E-state index contributed by atoms with van der Waals surface area (Å²) < 4.78 is 0. The fourth-order valence-corrected chi connectivity index (χ4v) is 2.20. The average molecular weight is 166 g/mol. The van der Waals surface area contributed by atoms with E-state index in [-0.39, 0.29) is 5.41 Å². The highest BCUT2D eigenvalue weighted by Crippen LogP contribution is 2.46. The van der Waals surface area contributed by atoms with Crippen LogP contribution in [0.3, 0.4) is 0 Å². The second-order valence-corrected chi connectivity index (χ2v) is 3.55. The van der Waals surface area contributed by atoms with E-state index in [9.17, 15) is 0 Å². The second-order valence-electron chi connectivity index (χ2n) is 3.55. The summed E-state index contributed by atoms with van der Waals surface area (Å²) in [6.07, 6.45) is 21.8. The van der Waals surface area contributed by atoms with Gasteiger partial charge < -0.3 is 0 Å². The van der Waals surface area contributed by atoms with Gasteiger partial charge in [-0.15, -0.1) is 0 Å². The second kappa shape index (κ2) is 2.23. The highest BCUT2D eigenvalue weighted by molar-refractivity contribution is 5.61. The third-order valence-electron chi connectivity index (χ3n) is 2.89.